The molecule has 26 heavy (non-hydrogen) atoms. The number of fused-ring (bicyclic) bond motifs is 4. The quantitative estimate of drug-likeness (QED) is 0.292. The largest absolute Gasteiger partial charge is 0.426 e. The van der Waals surface area contributed by atoms with Gasteiger partial charge in [0.05, 0.1) is 5.56 Å². The number of rotatable bonds is 1. The highest BCUT2D eigenvalue weighted by Crippen LogP contribution is 2.56. The summed E-state index contributed by atoms with van der Waals surface area (Å²) >= 11 is 3.77. The topological polar surface area (TPSA) is 60.4 Å². The van der Waals surface area contributed by atoms with Gasteiger partial charge in [-0.3, -0.25) is 14.4 Å². The van der Waals surface area contributed by atoms with E-state index in [1.807, 2.05) is 0 Å². The molecule has 1 fully saturated rings. The molecule has 136 valence electrons. The Balaban J connectivity index is 1.85. The first-order valence-corrected chi connectivity index (χ1v) is 9.91. The lowest BCUT2D eigenvalue weighted by Crippen LogP contribution is -2.56. The van der Waals surface area contributed by atoms with Gasteiger partial charge in [0.15, 0.2) is 11.6 Å². The molecule has 5 heteroatoms. The molecule has 1 saturated carbocycles. The number of Topliss-reactive ketones (excluding diaryl/α,β-unsaturated/α-hetero) is 2. The van der Waals surface area contributed by atoms with Gasteiger partial charge in [0.1, 0.15) is 10.1 Å². The van der Waals surface area contributed by atoms with Crippen molar-refractivity contribution in [3.05, 3.63) is 41.0 Å². The molecule has 0 aromatic heterocycles. The zero-order chi connectivity index (χ0) is 18.6. The summed E-state index contributed by atoms with van der Waals surface area (Å²) in [5.74, 6) is -0.266. The maximum absolute atomic E-state index is 13.5. The minimum absolute atomic E-state index is 0.0550. The number of halogens is 1. The summed E-state index contributed by atoms with van der Waals surface area (Å²) in [5.41, 5.74) is 1.92. The lowest BCUT2D eigenvalue weighted by molar-refractivity contribution is -0.131. The summed E-state index contributed by atoms with van der Waals surface area (Å²) in [4.78, 5) is 38.3. The molecule has 0 radical (unpaired) electrons. The van der Waals surface area contributed by atoms with Crippen LogP contribution in [-0.2, 0) is 4.79 Å². The first-order valence-electron chi connectivity index (χ1n) is 9.12. The summed E-state index contributed by atoms with van der Waals surface area (Å²) in [6.45, 7) is 3.53. The zero-order valence-electron chi connectivity index (χ0n) is 14.9. The number of hydrogen-bond donors (Lipinski definition) is 0. The SMILES string of the molecule is CC(=O)Oc1cccc2c1C(=O)[C@@H]1CC=C3C[C@H](C)CCC3[C@]1(Br)C2=O. The first kappa shape index (κ1) is 17.7. The van der Waals surface area contributed by atoms with Crippen molar-refractivity contribution in [3.63, 3.8) is 0 Å². The summed E-state index contributed by atoms with van der Waals surface area (Å²) in [7, 11) is 0. The molecule has 0 saturated heterocycles. The van der Waals surface area contributed by atoms with Crippen LogP contribution >= 0.6 is 15.9 Å². The molecular weight excluding hydrogens is 396 g/mol. The van der Waals surface area contributed by atoms with E-state index in [2.05, 4.69) is 28.9 Å². The molecule has 3 aliphatic carbocycles. The normalized spacial score (nSPS) is 32.9. The molecule has 0 heterocycles. The minimum atomic E-state index is -0.879. The van der Waals surface area contributed by atoms with Gasteiger partial charge in [-0.2, -0.15) is 0 Å². The molecule has 3 aliphatic rings. The van der Waals surface area contributed by atoms with Crippen molar-refractivity contribution < 1.29 is 19.1 Å². The van der Waals surface area contributed by atoms with Crippen molar-refractivity contribution in [2.75, 3.05) is 0 Å². The van der Waals surface area contributed by atoms with Gasteiger partial charge < -0.3 is 4.74 Å². The van der Waals surface area contributed by atoms with Crippen LogP contribution in [0.1, 0.15) is 60.2 Å². The fraction of sp³-hybridized carbons (Fsp3) is 0.476. The molecule has 1 aromatic carbocycles. The van der Waals surface area contributed by atoms with Gasteiger partial charge in [0.2, 0.25) is 0 Å². The molecule has 0 bridgehead atoms. The van der Waals surface area contributed by atoms with E-state index < -0.39 is 16.2 Å². The number of allylic oxidation sites excluding steroid dienone is 2. The van der Waals surface area contributed by atoms with Crippen LogP contribution in [0.15, 0.2) is 29.8 Å². The summed E-state index contributed by atoms with van der Waals surface area (Å²) in [6, 6.07) is 4.92. The van der Waals surface area contributed by atoms with E-state index in [9.17, 15) is 14.4 Å². The smallest absolute Gasteiger partial charge is 0.308 e. The van der Waals surface area contributed by atoms with E-state index in [1.54, 1.807) is 18.2 Å². The maximum Gasteiger partial charge on any atom is 0.308 e. The third-order valence-corrected chi connectivity index (χ3v) is 7.51. The minimum Gasteiger partial charge on any atom is -0.426 e. The van der Waals surface area contributed by atoms with Crippen molar-refractivity contribution in [2.45, 2.75) is 43.9 Å². The number of esters is 1. The average molecular weight is 417 g/mol. The molecule has 1 aromatic rings. The molecule has 0 N–H and O–H groups in total. The van der Waals surface area contributed by atoms with Crippen LogP contribution in [-0.4, -0.2) is 21.9 Å². The van der Waals surface area contributed by atoms with Crippen molar-refractivity contribution in [2.24, 2.45) is 17.8 Å². The lowest BCUT2D eigenvalue weighted by Gasteiger charge is -2.49. The monoisotopic (exact) mass is 416 g/mol. The van der Waals surface area contributed by atoms with E-state index >= 15 is 0 Å². The molecule has 4 rings (SSSR count). The van der Waals surface area contributed by atoms with Crippen molar-refractivity contribution >= 4 is 33.5 Å². The molecule has 0 amide bonds. The van der Waals surface area contributed by atoms with Crippen molar-refractivity contribution in [3.8, 4) is 5.75 Å². The van der Waals surface area contributed by atoms with Gasteiger partial charge in [-0.15, -0.1) is 0 Å². The molecular formula is C21H21BrO4. The van der Waals surface area contributed by atoms with Crippen LogP contribution in [0.25, 0.3) is 0 Å². The molecule has 4 nitrogen and oxygen atoms in total. The molecule has 0 spiro atoms. The van der Waals surface area contributed by atoms with Crippen molar-refractivity contribution in [1.82, 2.24) is 0 Å². The Morgan fingerprint density at radius 3 is 2.73 bits per heavy atom. The van der Waals surface area contributed by atoms with E-state index in [4.69, 9.17) is 4.74 Å². The predicted octanol–water partition coefficient (Wildman–Crippen LogP) is 4.51. The third kappa shape index (κ3) is 2.43. The Bertz CT molecular complexity index is 856. The van der Waals surface area contributed by atoms with Crippen LogP contribution in [0, 0.1) is 17.8 Å². The fourth-order valence-electron chi connectivity index (χ4n) is 4.88. The second-order valence-electron chi connectivity index (χ2n) is 7.74. The highest BCUT2D eigenvalue weighted by molar-refractivity contribution is 9.10. The van der Waals surface area contributed by atoms with Crippen LogP contribution in [0.5, 0.6) is 5.75 Å². The second kappa shape index (κ2) is 6.15. The van der Waals surface area contributed by atoms with Crippen LogP contribution < -0.4 is 4.74 Å². The van der Waals surface area contributed by atoms with Crippen molar-refractivity contribution in [1.29, 1.82) is 0 Å². The number of ketones is 2. The zero-order valence-corrected chi connectivity index (χ0v) is 16.5. The molecule has 0 aliphatic heterocycles. The van der Waals surface area contributed by atoms with E-state index in [1.165, 1.54) is 12.5 Å². The summed E-state index contributed by atoms with van der Waals surface area (Å²) in [5, 5.41) is 0. The maximum atomic E-state index is 13.5. The third-order valence-electron chi connectivity index (χ3n) is 6.05. The van der Waals surface area contributed by atoms with Gasteiger partial charge in [0, 0.05) is 24.3 Å². The fourth-order valence-corrected chi connectivity index (χ4v) is 6.01. The Kier molecular flexibility index (Phi) is 4.18. The standard InChI is InChI=1S/C21H21BrO4/c1-11-6-8-15-13(10-11)7-9-16-19(24)18-14(20(25)21(15,16)22)4-3-5-17(18)26-12(2)23/h3-5,7,11,15-16H,6,8-10H2,1-2H3/t11-,15?,16+,21-/m1/s1. The Hall–Kier alpha value is -1.75. The van der Waals surface area contributed by atoms with Crippen LogP contribution in [0.2, 0.25) is 0 Å². The van der Waals surface area contributed by atoms with E-state index in [0.29, 0.717) is 17.9 Å². The lowest BCUT2D eigenvalue weighted by atomic mass is 9.59. The second-order valence-corrected chi connectivity index (χ2v) is 9.05. The van der Waals surface area contributed by atoms with Crippen LogP contribution in [0.4, 0.5) is 0 Å². The van der Waals surface area contributed by atoms with Gasteiger partial charge in [0.25, 0.3) is 0 Å². The number of ether oxygens (including phenoxy) is 1. The Morgan fingerprint density at radius 2 is 2.00 bits per heavy atom. The number of carbonyl (C=O) groups is 3. The Labute approximate surface area is 161 Å². The molecule has 4 atom stereocenters. The van der Waals surface area contributed by atoms with Gasteiger partial charge in [-0.25, -0.2) is 0 Å². The number of benzene rings is 1. The van der Waals surface area contributed by atoms with Gasteiger partial charge >= 0.3 is 5.97 Å². The van der Waals surface area contributed by atoms with Crippen LogP contribution in [0.3, 0.4) is 0 Å². The highest BCUT2D eigenvalue weighted by Gasteiger charge is 2.59. The van der Waals surface area contributed by atoms with E-state index in [-0.39, 0.29) is 28.8 Å². The van der Waals surface area contributed by atoms with Gasteiger partial charge in [-0.05, 0) is 37.7 Å². The summed E-state index contributed by atoms with van der Waals surface area (Å²) < 4.78 is 4.34. The highest BCUT2D eigenvalue weighted by atomic mass is 79.9. The summed E-state index contributed by atoms with van der Waals surface area (Å²) in [6.07, 6.45) is 5.67. The van der Waals surface area contributed by atoms with Gasteiger partial charge in [-0.1, -0.05) is 46.6 Å². The van der Waals surface area contributed by atoms with E-state index in [0.717, 1.165) is 19.3 Å². The first-order chi connectivity index (χ1) is 12.3. The average Bonchev–Trinajstić information content (AvgIpc) is 2.59. The predicted molar refractivity (Wildman–Crippen MR) is 101 cm³/mol. The number of carbonyl (C=O) groups excluding carboxylic acids is 3. The Morgan fingerprint density at radius 1 is 1.23 bits per heavy atom. The number of alkyl halides is 1. The molecule has 1 unspecified atom stereocenters. The number of hydrogen-bond acceptors (Lipinski definition) is 4.